The minimum Gasteiger partial charge on any atom is -0.341 e. The maximum Gasteiger partial charge on any atom is 0.243 e. The van der Waals surface area contributed by atoms with E-state index in [1.54, 1.807) is 23.3 Å². The van der Waals surface area contributed by atoms with E-state index in [0.29, 0.717) is 13.1 Å². The first kappa shape index (κ1) is 18.3. The zero-order chi connectivity index (χ0) is 18.5. The number of amides is 2. The number of aryl methyl sites for hydroxylation is 1. The molecule has 6 heteroatoms. The number of carbonyl (C=O) groups is 2. The van der Waals surface area contributed by atoms with Crippen LogP contribution in [0.5, 0.6) is 0 Å². The molecule has 0 bridgehead atoms. The van der Waals surface area contributed by atoms with Gasteiger partial charge in [0.15, 0.2) is 0 Å². The molecular weight excluding hydrogens is 346 g/mol. The Kier molecular flexibility index (Phi) is 5.83. The molecule has 2 heterocycles. The highest BCUT2D eigenvalue weighted by Crippen LogP contribution is 2.18. The topological polar surface area (TPSA) is 53.0 Å². The van der Waals surface area contributed by atoms with E-state index in [9.17, 15) is 9.59 Å². The Hall–Kier alpha value is -2.47. The molecule has 0 saturated heterocycles. The minimum atomic E-state index is -0.0926. The van der Waals surface area contributed by atoms with Crippen LogP contribution in [0.25, 0.3) is 0 Å². The van der Waals surface area contributed by atoms with Crippen LogP contribution in [0.3, 0.4) is 0 Å². The zero-order valence-corrected chi connectivity index (χ0v) is 16.0. The average molecular weight is 369 g/mol. The molecule has 0 unspecified atom stereocenters. The summed E-state index contributed by atoms with van der Waals surface area (Å²) in [5.74, 6) is -0.109. The number of thiophene rings is 1. The third-order valence-electron chi connectivity index (χ3n) is 4.52. The molecule has 0 aliphatic carbocycles. The first-order chi connectivity index (χ1) is 12.5. The van der Waals surface area contributed by atoms with Crippen molar-refractivity contribution in [3.8, 4) is 0 Å². The Labute approximate surface area is 157 Å². The van der Waals surface area contributed by atoms with Gasteiger partial charge in [-0.15, -0.1) is 11.3 Å². The highest BCUT2D eigenvalue weighted by atomic mass is 32.1. The van der Waals surface area contributed by atoms with E-state index in [4.69, 9.17) is 0 Å². The van der Waals surface area contributed by atoms with Crippen LogP contribution in [-0.2, 0) is 16.1 Å². The normalized spacial score (nSPS) is 13.6. The maximum atomic E-state index is 12.4. The van der Waals surface area contributed by atoms with Gasteiger partial charge in [-0.2, -0.15) is 5.10 Å². The van der Waals surface area contributed by atoms with Gasteiger partial charge >= 0.3 is 0 Å². The van der Waals surface area contributed by atoms with E-state index in [1.807, 2.05) is 42.6 Å². The van der Waals surface area contributed by atoms with Crippen LogP contribution in [0.2, 0.25) is 0 Å². The second-order valence-corrected chi connectivity index (χ2v) is 7.46. The summed E-state index contributed by atoms with van der Waals surface area (Å²) in [4.78, 5) is 27.6. The Morgan fingerprint density at radius 1 is 1.19 bits per heavy atom. The zero-order valence-electron chi connectivity index (χ0n) is 15.1. The molecule has 136 valence electrons. The standard InChI is InChI=1S/C20H23N3O2S/c1-15-11-13-26-18(15)14-22(2)19(24)8-9-20(25)23-12-10-17(21-23)16-6-4-3-5-7-16/h3-7,11,13H,8-10,12,14H2,1-2H3. The van der Waals surface area contributed by atoms with Crippen LogP contribution in [-0.4, -0.2) is 41.0 Å². The monoisotopic (exact) mass is 369 g/mol. The molecule has 0 spiro atoms. The van der Waals surface area contributed by atoms with Gasteiger partial charge in [0.1, 0.15) is 0 Å². The minimum absolute atomic E-state index is 0.0161. The molecule has 1 aliphatic heterocycles. The largest absolute Gasteiger partial charge is 0.341 e. The van der Waals surface area contributed by atoms with Gasteiger partial charge in [-0.3, -0.25) is 9.59 Å². The second-order valence-electron chi connectivity index (χ2n) is 6.46. The van der Waals surface area contributed by atoms with Crippen LogP contribution < -0.4 is 0 Å². The third-order valence-corrected chi connectivity index (χ3v) is 5.53. The molecule has 2 aromatic rings. The summed E-state index contributed by atoms with van der Waals surface area (Å²) < 4.78 is 0. The van der Waals surface area contributed by atoms with E-state index in [1.165, 1.54) is 15.4 Å². The first-order valence-corrected chi connectivity index (χ1v) is 9.63. The van der Waals surface area contributed by atoms with Gasteiger partial charge in [-0.25, -0.2) is 5.01 Å². The van der Waals surface area contributed by atoms with Gasteiger partial charge in [0, 0.05) is 31.2 Å². The van der Waals surface area contributed by atoms with Gasteiger partial charge in [-0.1, -0.05) is 30.3 Å². The van der Waals surface area contributed by atoms with Crippen molar-refractivity contribution in [2.75, 3.05) is 13.6 Å². The van der Waals surface area contributed by atoms with Crippen molar-refractivity contribution in [3.05, 3.63) is 57.8 Å². The molecule has 3 rings (SSSR count). The fourth-order valence-corrected chi connectivity index (χ4v) is 3.83. The van der Waals surface area contributed by atoms with Crippen LogP contribution >= 0.6 is 11.3 Å². The Morgan fingerprint density at radius 2 is 1.96 bits per heavy atom. The summed E-state index contributed by atoms with van der Waals surface area (Å²) >= 11 is 1.65. The summed E-state index contributed by atoms with van der Waals surface area (Å²) in [5.41, 5.74) is 3.17. The lowest BCUT2D eigenvalue weighted by Gasteiger charge is -2.17. The fraction of sp³-hybridized carbons (Fsp3) is 0.350. The molecule has 0 atom stereocenters. The summed E-state index contributed by atoms with van der Waals surface area (Å²) in [6.45, 7) is 3.22. The van der Waals surface area contributed by atoms with E-state index in [-0.39, 0.29) is 24.7 Å². The number of rotatable bonds is 6. The highest BCUT2D eigenvalue weighted by molar-refractivity contribution is 7.10. The molecular formula is C20H23N3O2S. The van der Waals surface area contributed by atoms with Crippen molar-refractivity contribution in [2.45, 2.75) is 32.7 Å². The van der Waals surface area contributed by atoms with E-state index >= 15 is 0 Å². The van der Waals surface area contributed by atoms with E-state index in [2.05, 4.69) is 11.2 Å². The van der Waals surface area contributed by atoms with E-state index < -0.39 is 0 Å². The predicted octanol–water partition coefficient (Wildman–Crippen LogP) is 3.43. The molecule has 2 amide bonds. The van der Waals surface area contributed by atoms with Crippen molar-refractivity contribution in [2.24, 2.45) is 5.10 Å². The molecule has 0 radical (unpaired) electrons. The van der Waals surface area contributed by atoms with Crippen LogP contribution in [0, 0.1) is 6.92 Å². The number of nitrogens with zero attached hydrogens (tertiary/aromatic N) is 3. The second kappa shape index (κ2) is 8.27. The number of benzene rings is 1. The molecule has 0 fully saturated rings. The lowest BCUT2D eigenvalue weighted by Crippen LogP contribution is -2.29. The molecule has 0 N–H and O–H groups in total. The summed E-state index contributed by atoms with van der Waals surface area (Å²) in [6, 6.07) is 11.9. The molecule has 26 heavy (non-hydrogen) atoms. The molecule has 1 aromatic heterocycles. The SMILES string of the molecule is Cc1ccsc1CN(C)C(=O)CCC(=O)N1CCC(c2ccccc2)=N1. The van der Waals surface area contributed by atoms with E-state index in [0.717, 1.165) is 17.7 Å². The summed E-state index contributed by atoms with van der Waals surface area (Å²) in [7, 11) is 1.79. The number of hydrogen-bond donors (Lipinski definition) is 0. The Bertz CT molecular complexity index is 813. The van der Waals surface area contributed by atoms with Gasteiger partial charge in [0.2, 0.25) is 11.8 Å². The average Bonchev–Trinajstić information content (AvgIpc) is 3.30. The van der Waals surface area contributed by atoms with Crippen LogP contribution in [0.4, 0.5) is 0 Å². The van der Waals surface area contributed by atoms with Crippen LogP contribution in [0.1, 0.15) is 35.3 Å². The number of hydrazone groups is 1. The van der Waals surface area contributed by atoms with Crippen molar-refractivity contribution in [1.82, 2.24) is 9.91 Å². The highest BCUT2D eigenvalue weighted by Gasteiger charge is 2.22. The van der Waals surface area contributed by atoms with Gasteiger partial charge in [0.25, 0.3) is 0 Å². The Balaban J connectivity index is 1.50. The third kappa shape index (κ3) is 4.38. The number of hydrogen-bond acceptors (Lipinski definition) is 4. The first-order valence-electron chi connectivity index (χ1n) is 8.75. The molecule has 1 aromatic carbocycles. The van der Waals surface area contributed by atoms with Crippen molar-refractivity contribution < 1.29 is 9.59 Å². The molecule has 1 aliphatic rings. The van der Waals surface area contributed by atoms with Crippen molar-refractivity contribution in [3.63, 3.8) is 0 Å². The van der Waals surface area contributed by atoms with Crippen molar-refractivity contribution in [1.29, 1.82) is 0 Å². The summed E-state index contributed by atoms with van der Waals surface area (Å²) in [5, 5.41) is 7.96. The lowest BCUT2D eigenvalue weighted by atomic mass is 10.1. The smallest absolute Gasteiger partial charge is 0.243 e. The van der Waals surface area contributed by atoms with Gasteiger partial charge in [0.05, 0.1) is 18.8 Å². The van der Waals surface area contributed by atoms with Gasteiger partial charge in [-0.05, 0) is 29.5 Å². The Morgan fingerprint density at radius 3 is 2.65 bits per heavy atom. The quantitative estimate of drug-likeness (QED) is 0.783. The fourth-order valence-electron chi connectivity index (χ4n) is 2.87. The van der Waals surface area contributed by atoms with Gasteiger partial charge < -0.3 is 4.90 Å². The molecule has 0 saturated carbocycles. The molecule has 5 nitrogen and oxygen atoms in total. The predicted molar refractivity (Wildman–Crippen MR) is 104 cm³/mol. The summed E-state index contributed by atoms with van der Waals surface area (Å²) in [6.07, 6.45) is 1.16. The maximum absolute atomic E-state index is 12.4. The lowest BCUT2D eigenvalue weighted by molar-refractivity contribution is -0.136. The number of carbonyl (C=O) groups excluding carboxylic acids is 2. The van der Waals surface area contributed by atoms with Crippen molar-refractivity contribution >= 4 is 28.9 Å². The van der Waals surface area contributed by atoms with Crippen LogP contribution in [0.15, 0.2) is 46.9 Å².